The van der Waals surface area contributed by atoms with E-state index < -0.39 is 5.97 Å². The van der Waals surface area contributed by atoms with Gasteiger partial charge in [0.15, 0.2) is 5.82 Å². The van der Waals surface area contributed by atoms with Crippen LogP contribution >= 0.6 is 0 Å². The average Bonchev–Trinajstić information content (AvgIpc) is 2.78. The van der Waals surface area contributed by atoms with Gasteiger partial charge in [-0.05, 0) is 38.0 Å². The lowest BCUT2D eigenvalue weighted by molar-refractivity contribution is -0.119. The van der Waals surface area contributed by atoms with Gasteiger partial charge in [-0.2, -0.15) is 4.98 Å². The molecule has 31 heavy (non-hydrogen) atoms. The monoisotopic (exact) mass is 425 g/mol. The number of carbonyl (C=O) groups is 2. The molecule has 0 spiro atoms. The Morgan fingerprint density at radius 3 is 2.68 bits per heavy atom. The van der Waals surface area contributed by atoms with E-state index in [2.05, 4.69) is 15.2 Å². The first-order valence-electron chi connectivity index (χ1n) is 10.5. The third kappa shape index (κ3) is 3.87. The second kappa shape index (κ2) is 8.41. The molecule has 4 rings (SSSR count). The predicted molar refractivity (Wildman–Crippen MR) is 117 cm³/mol. The van der Waals surface area contributed by atoms with Crippen LogP contribution in [0, 0.1) is 0 Å². The van der Waals surface area contributed by atoms with Crippen molar-refractivity contribution in [2.75, 3.05) is 29.3 Å². The Morgan fingerprint density at radius 2 is 2.00 bits per heavy atom. The first-order valence-corrected chi connectivity index (χ1v) is 10.5. The lowest BCUT2D eigenvalue weighted by Gasteiger charge is -2.44. The highest BCUT2D eigenvalue weighted by Gasteiger charge is 2.39. The van der Waals surface area contributed by atoms with Crippen LogP contribution < -0.4 is 19.9 Å². The first kappa shape index (κ1) is 20.9. The second-order valence-electron chi connectivity index (χ2n) is 8.02. The largest absolute Gasteiger partial charge is 0.495 e. The topological polar surface area (TPSA) is 108 Å². The van der Waals surface area contributed by atoms with Crippen LogP contribution in [0.2, 0.25) is 0 Å². The number of methoxy groups -OCH3 is 1. The molecule has 1 saturated carbocycles. The van der Waals surface area contributed by atoms with E-state index in [0.717, 1.165) is 31.5 Å². The van der Waals surface area contributed by atoms with Crippen LogP contribution in [0.25, 0.3) is 0 Å². The number of carboxylic acid groups (broad SMARTS) is 1. The van der Waals surface area contributed by atoms with E-state index >= 15 is 0 Å². The van der Waals surface area contributed by atoms with Gasteiger partial charge in [-0.1, -0.05) is 19.3 Å². The number of likely N-dealkylation sites (N-methyl/N-ethyl adjacent to an activating group) is 1. The number of aromatic carboxylic acids is 1. The number of nitrogens with zero attached hydrogens (tertiary/aromatic N) is 4. The van der Waals surface area contributed by atoms with E-state index in [1.807, 2.05) is 6.92 Å². The maximum atomic E-state index is 12.8. The number of fused-ring (bicyclic) bond motifs is 1. The Bertz CT molecular complexity index is 1010. The van der Waals surface area contributed by atoms with Crippen LogP contribution in [0.1, 0.15) is 49.4 Å². The number of anilines is 4. The van der Waals surface area contributed by atoms with E-state index in [9.17, 15) is 14.7 Å². The van der Waals surface area contributed by atoms with Gasteiger partial charge in [0.05, 0.1) is 24.6 Å². The van der Waals surface area contributed by atoms with Crippen molar-refractivity contribution in [3.05, 3.63) is 30.0 Å². The molecule has 1 aromatic carbocycles. The van der Waals surface area contributed by atoms with Gasteiger partial charge in [-0.15, -0.1) is 0 Å². The number of rotatable bonds is 5. The SMILES string of the molecule is COc1cc(C(=O)O)ccc1Nc1ncc2c(n1)N(C1CCCCC1)C(C)C(=O)N2C. The molecule has 1 aliphatic carbocycles. The highest BCUT2D eigenvalue weighted by Crippen LogP contribution is 2.39. The molecule has 1 fully saturated rings. The number of ether oxygens (including phenoxy) is 1. The summed E-state index contributed by atoms with van der Waals surface area (Å²) in [5, 5.41) is 12.3. The van der Waals surface area contributed by atoms with Crippen molar-refractivity contribution in [1.82, 2.24) is 9.97 Å². The van der Waals surface area contributed by atoms with Crippen LogP contribution in [0.4, 0.5) is 23.1 Å². The molecule has 0 saturated heterocycles. The van der Waals surface area contributed by atoms with Crippen molar-refractivity contribution in [2.24, 2.45) is 0 Å². The molecule has 1 unspecified atom stereocenters. The smallest absolute Gasteiger partial charge is 0.335 e. The third-order valence-electron chi connectivity index (χ3n) is 6.12. The minimum Gasteiger partial charge on any atom is -0.495 e. The normalized spacial score (nSPS) is 19.2. The quantitative estimate of drug-likeness (QED) is 0.750. The number of carbonyl (C=O) groups excluding carboxylic acids is 1. The Labute approximate surface area is 181 Å². The number of nitrogens with one attached hydrogen (secondary N) is 1. The summed E-state index contributed by atoms with van der Waals surface area (Å²) in [7, 11) is 3.23. The molecular formula is C22H27N5O4. The number of hydrogen-bond donors (Lipinski definition) is 2. The number of hydrogen-bond acceptors (Lipinski definition) is 7. The molecule has 2 aliphatic rings. The van der Waals surface area contributed by atoms with E-state index in [0.29, 0.717) is 23.1 Å². The summed E-state index contributed by atoms with van der Waals surface area (Å²) in [5.74, 6) is 0.482. The van der Waals surface area contributed by atoms with Gasteiger partial charge in [-0.25, -0.2) is 9.78 Å². The van der Waals surface area contributed by atoms with E-state index in [1.165, 1.54) is 25.7 Å². The minimum absolute atomic E-state index is 0.0355. The van der Waals surface area contributed by atoms with Gasteiger partial charge in [-0.3, -0.25) is 4.79 Å². The van der Waals surface area contributed by atoms with Gasteiger partial charge < -0.3 is 25.0 Å². The lowest BCUT2D eigenvalue weighted by atomic mass is 9.92. The molecule has 2 aromatic rings. The number of benzene rings is 1. The van der Waals surface area contributed by atoms with E-state index in [1.54, 1.807) is 24.2 Å². The zero-order valence-electron chi connectivity index (χ0n) is 18.0. The molecular weight excluding hydrogens is 398 g/mol. The molecule has 9 heteroatoms. The number of aromatic nitrogens is 2. The molecule has 2 N–H and O–H groups in total. The standard InChI is InChI=1S/C22H27N5O4/c1-13-20(28)26(2)17-12-23-22(25-19(17)27(13)15-7-5-4-6-8-15)24-16-10-9-14(21(29)30)11-18(16)31-3/h9-13,15H,4-8H2,1-3H3,(H,29,30)(H,23,24,25). The van der Waals surface area contributed by atoms with Crippen molar-refractivity contribution in [2.45, 2.75) is 51.1 Å². The molecule has 9 nitrogen and oxygen atoms in total. The zero-order chi connectivity index (χ0) is 22.1. The van der Waals surface area contributed by atoms with Gasteiger partial charge >= 0.3 is 5.97 Å². The lowest BCUT2D eigenvalue weighted by Crippen LogP contribution is -2.55. The summed E-state index contributed by atoms with van der Waals surface area (Å²) in [6.45, 7) is 1.93. The number of carboxylic acids is 1. The molecule has 0 bridgehead atoms. The van der Waals surface area contributed by atoms with Crippen LogP contribution in [-0.2, 0) is 4.79 Å². The van der Waals surface area contributed by atoms with Gasteiger partial charge in [0, 0.05) is 13.1 Å². The zero-order valence-corrected chi connectivity index (χ0v) is 18.0. The maximum absolute atomic E-state index is 12.8. The fraction of sp³-hybridized carbons (Fsp3) is 0.455. The van der Waals surface area contributed by atoms with Gasteiger partial charge in [0.25, 0.3) is 0 Å². The highest BCUT2D eigenvalue weighted by molar-refractivity contribution is 6.04. The van der Waals surface area contributed by atoms with Crippen molar-refractivity contribution in [1.29, 1.82) is 0 Å². The molecule has 1 aromatic heterocycles. The summed E-state index contributed by atoms with van der Waals surface area (Å²) < 4.78 is 5.34. The van der Waals surface area contributed by atoms with Crippen LogP contribution in [0.15, 0.2) is 24.4 Å². The molecule has 1 atom stereocenters. The molecule has 1 amide bonds. The number of amides is 1. The Balaban J connectivity index is 1.70. The highest BCUT2D eigenvalue weighted by atomic mass is 16.5. The van der Waals surface area contributed by atoms with Crippen LogP contribution in [0.3, 0.4) is 0 Å². The second-order valence-corrected chi connectivity index (χ2v) is 8.02. The van der Waals surface area contributed by atoms with Gasteiger partial charge in [0.1, 0.15) is 17.5 Å². The van der Waals surface area contributed by atoms with Crippen molar-refractivity contribution < 1.29 is 19.4 Å². The Morgan fingerprint density at radius 1 is 1.26 bits per heavy atom. The van der Waals surface area contributed by atoms with Crippen molar-refractivity contribution in [3.63, 3.8) is 0 Å². The summed E-state index contributed by atoms with van der Waals surface area (Å²) >= 11 is 0. The summed E-state index contributed by atoms with van der Waals surface area (Å²) in [4.78, 5) is 37.0. The fourth-order valence-electron chi connectivity index (χ4n) is 4.45. The fourth-order valence-corrected chi connectivity index (χ4v) is 4.45. The Kier molecular flexibility index (Phi) is 5.67. The van der Waals surface area contributed by atoms with Gasteiger partial charge in [0.2, 0.25) is 11.9 Å². The summed E-state index contributed by atoms with van der Waals surface area (Å²) in [5.41, 5.74) is 1.38. The summed E-state index contributed by atoms with van der Waals surface area (Å²) in [6, 6.07) is 4.54. The minimum atomic E-state index is -1.03. The maximum Gasteiger partial charge on any atom is 0.335 e. The average molecular weight is 425 g/mol. The first-order chi connectivity index (χ1) is 14.9. The molecule has 2 heterocycles. The van der Waals surface area contributed by atoms with Crippen LogP contribution in [-0.4, -0.2) is 53.2 Å². The third-order valence-corrected chi connectivity index (χ3v) is 6.12. The van der Waals surface area contributed by atoms with Crippen LogP contribution in [0.5, 0.6) is 5.75 Å². The summed E-state index contributed by atoms with van der Waals surface area (Å²) in [6.07, 6.45) is 7.26. The van der Waals surface area contributed by atoms with E-state index in [-0.39, 0.29) is 23.6 Å². The molecule has 1 aliphatic heterocycles. The molecule has 164 valence electrons. The van der Waals surface area contributed by atoms with Crippen molar-refractivity contribution >= 4 is 35.0 Å². The molecule has 0 radical (unpaired) electrons. The van der Waals surface area contributed by atoms with E-state index in [4.69, 9.17) is 9.72 Å². The predicted octanol–water partition coefficient (Wildman–Crippen LogP) is 3.43. The van der Waals surface area contributed by atoms with Crippen molar-refractivity contribution in [3.8, 4) is 5.75 Å². The Hall–Kier alpha value is -3.36.